The Morgan fingerprint density at radius 2 is 1.83 bits per heavy atom. The van der Waals surface area contributed by atoms with Crippen LogP contribution < -0.4 is 9.47 Å². The first-order valence-electron chi connectivity index (χ1n) is 7.16. The molecule has 0 unspecified atom stereocenters. The first-order valence-corrected chi connectivity index (χ1v) is 7.16. The molecule has 5 heteroatoms. The van der Waals surface area contributed by atoms with Gasteiger partial charge in [0.25, 0.3) is 0 Å². The van der Waals surface area contributed by atoms with E-state index in [1.54, 1.807) is 30.9 Å². The summed E-state index contributed by atoms with van der Waals surface area (Å²) in [5.41, 5.74) is 2.01. The molecule has 0 atom stereocenters. The Labute approximate surface area is 133 Å². The molecule has 0 aliphatic heterocycles. The summed E-state index contributed by atoms with van der Waals surface area (Å²) < 4.78 is 12.4. The lowest BCUT2D eigenvalue weighted by atomic mass is 10.2. The number of hydrogen-bond donors (Lipinski definition) is 1. The number of carbonyl (C=O) groups is 1. The van der Waals surface area contributed by atoms with Crippen LogP contribution in [-0.2, 0) is 6.54 Å². The summed E-state index contributed by atoms with van der Waals surface area (Å²) in [4.78, 5) is 11.6. The van der Waals surface area contributed by atoms with Crippen molar-refractivity contribution in [2.75, 3.05) is 14.2 Å². The minimum atomic E-state index is -0.974. The van der Waals surface area contributed by atoms with E-state index in [0.717, 1.165) is 16.5 Å². The third kappa shape index (κ3) is 2.73. The van der Waals surface area contributed by atoms with Crippen LogP contribution in [0.5, 0.6) is 11.5 Å². The maximum absolute atomic E-state index is 11.6. The molecule has 5 nitrogen and oxygen atoms in total. The Balaban J connectivity index is 2.24. The fourth-order valence-corrected chi connectivity index (χ4v) is 2.70. The van der Waals surface area contributed by atoms with Gasteiger partial charge in [-0.2, -0.15) is 0 Å². The lowest BCUT2D eigenvalue weighted by Crippen LogP contribution is -2.09. The highest BCUT2D eigenvalue weighted by Gasteiger charge is 2.18. The van der Waals surface area contributed by atoms with Gasteiger partial charge in [0.2, 0.25) is 0 Å². The summed E-state index contributed by atoms with van der Waals surface area (Å²) in [7, 11) is 3.13. The number of rotatable bonds is 5. The molecule has 0 fully saturated rings. The van der Waals surface area contributed by atoms with Crippen LogP contribution in [0.1, 0.15) is 16.1 Å². The molecule has 23 heavy (non-hydrogen) atoms. The number of carboxylic acid groups (broad SMARTS) is 1. The molecular formula is C18H17NO4. The third-order valence-corrected chi connectivity index (χ3v) is 3.81. The summed E-state index contributed by atoms with van der Waals surface area (Å²) in [5, 5.41) is 10.3. The molecule has 0 aliphatic rings. The standard InChI is InChI=1S/C18H17NO4/c1-22-13-8-15-14(17(9-13)23-2)10-16(18(20)21)19(15)11-12-6-4-3-5-7-12/h3-10H,11H2,1-2H3,(H,20,21). The topological polar surface area (TPSA) is 60.7 Å². The number of aromatic carboxylic acids is 1. The molecule has 0 amide bonds. The van der Waals surface area contributed by atoms with Crippen molar-refractivity contribution in [3.05, 3.63) is 59.8 Å². The zero-order valence-corrected chi connectivity index (χ0v) is 12.9. The summed E-state index contributed by atoms with van der Waals surface area (Å²) in [5.74, 6) is 0.241. The van der Waals surface area contributed by atoms with E-state index in [2.05, 4.69) is 0 Å². The van der Waals surface area contributed by atoms with Crippen molar-refractivity contribution < 1.29 is 19.4 Å². The van der Waals surface area contributed by atoms with Gasteiger partial charge in [-0.15, -0.1) is 0 Å². The summed E-state index contributed by atoms with van der Waals surface area (Å²) in [6, 6.07) is 14.9. The molecule has 1 aromatic heterocycles. The Bertz CT molecular complexity index is 852. The van der Waals surface area contributed by atoms with Crippen LogP contribution in [0, 0.1) is 0 Å². The third-order valence-electron chi connectivity index (χ3n) is 3.81. The van der Waals surface area contributed by atoms with Gasteiger partial charge in [0.05, 0.1) is 19.7 Å². The van der Waals surface area contributed by atoms with E-state index in [1.807, 2.05) is 36.4 Å². The van der Waals surface area contributed by atoms with E-state index < -0.39 is 5.97 Å². The van der Waals surface area contributed by atoms with Gasteiger partial charge in [0.1, 0.15) is 17.2 Å². The van der Waals surface area contributed by atoms with Gasteiger partial charge >= 0.3 is 5.97 Å². The van der Waals surface area contributed by atoms with Crippen LogP contribution in [0.25, 0.3) is 10.9 Å². The van der Waals surface area contributed by atoms with Crippen molar-refractivity contribution >= 4 is 16.9 Å². The second-order valence-electron chi connectivity index (χ2n) is 5.17. The average molecular weight is 311 g/mol. The van der Waals surface area contributed by atoms with E-state index in [4.69, 9.17) is 9.47 Å². The number of carboxylic acids is 1. The van der Waals surface area contributed by atoms with Crippen molar-refractivity contribution in [1.29, 1.82) is 0 Å². The van der Waals surface area contributed by atoms with E-state index in [0.29, 0.717) is 18.0 Å². The fraction of sp³-hybridized carbons (Fsp3) is 0.167. The molecular weight excluding hydrogens is 294 g/mol. The van der Waals surface area contributed by atoms with Gasteiger partial charge in [-0.05, 0) is 11.6 Å². The van der Waals surface area contributed by atoms with Crippen molar-refractivity contribution in [1.82, 2.24) is 4.57 Å². The molecule has 1 heterocycles. The predicted octanol–water partition coefficient (Wildman–Crippen LogP) is 3.41. The van der Waals surface area contributed by atoms with E-state index >= 15 is 0 Å². The van der Waals surface area contributed by atoms with Crippen LogP contribution in [0.3, 0.4) is 0 Å². The van der Waals surface area contributed by atoms with Gasteiger partial charge in [-0.25, -0.2) is 4.79 Å². The Morgan fingerprint density at radius 3 is 2.43 bits per heavy atom. The molecule has 3 aromatic rings. The Hall–Kier alpha value is -2.95. The number of methoxy groups -OCH3 is 2. The van der Waals surface area contributed by atoms with Gasteiger partial charge in [0.15, 0.2) is 0 Å². The van der Waals surface area contributed by atoms with Gasteiger partial charge in [-0.1, -0.05) is 30.3 Å². The Kier molecular flexibility index (Phi) is 3.93. The summed E-state index contributed by atoms with van der Waals surface area (Å²) in [6.07, 6.45) is 0. The quantitative estimate of drug-likeness (QED) is 0.784. The second-order valence-corrected chi connectivity index (χ2v) is 5.17. The predicted molar refractivity (Wildman–Crippen MR) is 87.5 cm³/mol. The van der Waals surface area contributed by atoms with Crippen molar-refractivity contribution in [3.63, 3.8) is 0 Å². The maximum Gasteiger partial charge on any atom is 0.352 e. The lowest BCUT2D eigenvalue weighted by Gasteiger charge is -2.11. The second kappa shape index (κ2) is 6.04. The normalized spacial score (nSPS) is 10.7. The molecule has 0 spiro atoms. The number of fused-ring (bicyclic) bond motifs is 1. The molecule has 0 radical (unpaired) electrons. The van der Waals surface area contributed by atoms with Crippen molar-refractivity contribution in [2.45, 2.75) is 6.54 Å². The van der Waals surface area contributed by atoms with Gasteiger partial charge < -0.3 is 19.1 Å². The zero-order chi connectivity index (χ0) is 16.4. The molecule has 1 N–H and O–H groups in total. The van der Waals surface area contributed by atoms with E-state index in [9.17, 15) is 9.90 Å². The van der Waals surface area contributed by atoms with Crippen molar-refractivity contribution in [2.24, 2.45) is 0 Å². The van der Waals surface area contributed by atoms with Crippen LogP contribution in [0.4, 0.5) is 0 Å². The minimum absolute atomic E-state index is 0.218. The Morgan fingerprint density at radius 1 is 1.09 bits per heavy atom. The smallest absolute Gasteiger partial charge is 0.352 e. The van der Waals surface area contributed by atoms with E-state index in [1.165, 1.54) is 0 Å². The summed E-state index contributed by atoms with van der Waals surface area (Å²) >= 11 is 0. The number of benzene rings is 2. The number of hydrogen-bond acceptors (Lipinski definition) is 3. The van der Waals surface area contributed by atoms with Crippen LogP contribution in [-0.4, -0.2) is 29.9 Å². The molecule has 0 bridgehead atoms. The highest BCUT2D eigenvalue weighted by molar-refractivity contribution is 5.97. The highest BCUT2D eigenvalue weighted by atomic mass is 16.5. The monoisotopic (exact) mass is 311 g/mol. The van der Waals surface area contributed by atoms with Gasteiger partial charge in [0, 0.05) is 24.1 Å². The summed E-state index contributed by atoms with van der Waals surface area (Å²) in [6.45, 7) is 0.461. The van der Waals surface area contributed by atoms with Crippen molar-refractivity contribution in [3.8, 4) is 11.5 Å². The van der Waals surface area contributed by atoms with Crippen LogP contribution >= 0.6 is 0 Å². The molecule has 118 valence electrons. The molecule has 0 aliphatic carbocycles. The zero-order valence-electron chi connectivity index (χ0n) is 12.9. The van der Waals surface area contributed by atoms with E-state index in [-0.39, 0.29) is 5.69 Å². The number of aromatic nitrogens is 1. The molecule has 3 rings (SSSR count). The average Bonchev–Trinajstić information content (AvgIpc) is 2.93. The first-order chi connectivity index (χ1) is 11.1. The van der Waals surface area contributed by atoms with Crippen LogP contribution in [0.2, 0.25) is 0 Å². The van der Waals surface area contributed by atoms with Gasteiger partial charge in [-0.3, -0.25) is 0 Å². The maximum atomic E-state index is 11.6. The first kappa shape index (κ1) is 15.0. The highest BCUT2D eigenvalue weighted by Crippen LogP contribution is 2.34. The lowest BCUT2D eigenvalue weighted by molar-refractivity contribution is 0.0686. The molecule has 0 saturated heterocycles. The minimum Gasteiger partial charge on any atom is -0.497 e. The largest absolute Gasteiger partial charge is 0.497 e. The SMILES string of the molecule is COc1cc(OC)c2cc(C(=O)O)n(Cc3ccccc3)c2c1. The molecule has 2 aromatic carbocycles. The molecule has 0 saturated carbocycles. The fourth-order valence-electron chi connectivity index (χ4n) is 2.70. The number of nitrogens with zero attached hydrogens (tertiary/aromatic N) is 1. The van der Waals surface area contributed by atoms with Crippen LogP contribution in [0.15, 0.2) is 48.5 Å². The number of ether oxygens (including phenoxy) is 2.